The Morgan fingerprint density at radius 1 is 1.41 bits per heavy atom. The SMILES string of the molecule is CCN(CC)C(C)(CC)C(NN)C1CCOC1. The molecule has 3 N–H and O–H groups in total. The fourth-order valence-corrected chi connectivity index (χ4v) is 3.23. The number of nitrogens with one attached hydrogen (secondary N) is 1. The van der Waals surface area contributed by atoms with Gasteiger partial charge in [-0.15, -0.1) is 0 Å². The normalized spacial score (nSPS) is 26.1. The minimum absolute atomic E-state index is 0.108. The maximum absolute atomic E-state index is 5.83. The standard InChI is InChI=1S/C13H29N3O/c1-5-13(4,16(6-2)7-3)12(15-14)11-8-9-17-10-11/h11-12,15H,5-10,14H2,1-4H3. The lowest BCUT2D eigenvalue weighted by Gasteiger charge is -2.47. The van der Waals surface area contributed by atoms with Crippen molar-refractivity contribution < 1.29 is 4.74 Å². The van der Waals surface area contributed by atoms with Gasteiger partial charge in [0.05, 0.1) is 6.61 Å². The zero-order valence-corrected chi connectivity index (χ0v) is 11.8. The quantitative estimate of drug-likeness (QED) is 0.524. The van der Waals surface area contributed by atoms with E-state index in [-0.39, 0.29) is 5.54 Å². The Kier molecular flexibility index (Phi) is 5.86. The van der Waals surface area contributed by atoms with Crippen LogP contribution in [0, 0.1) is 5.92 Å². The first-order valence-corrected chi connectivity index (χ1v) is 6.92. The van der Waals surface area contributed by atoms with Crippen molar-refractivity contribution in [2.45, 2.75) is 52.1 Å². The molecule has 1 aliphatic heterocycles. The third-order valence-electron chi connectivity index (χ3n) is 4.49. The first kappa shape index (κ1) is 14.9. The molecule has 1 saturated heterocycles. The van der Waals surface area contributed by atoms with Crippen molar-refractivity contribution in [2.24, 2.45) is 11.8 Å². The van der Waals surface area contributed by atoms with Crippen molar-refractivity contribution in [2.75, 3.05) is 26.3 Å². The first-order chi connectivity index (χ1) is 8.13. The number of rotatable bonds is 7. The van der Waals surface area contributed by atoms with Crippen LogP contribution in [0.1, 0.15) is 40.5 Å². The molecule has 4 heteroatoms. The Hall–Kier alpha value is -0.160. The van der Waals surface area contributed by atoms with Crippen molar-refractivity contribution in [3.05, 3.63) is 0 Å². The topological polar surface area (TPSA) is 50.5 Å². The Labute approximate surface area is 106 Å². The number of hydrazine groups is 1. The molecule has 0 spiro atoms. The molecule has 0 aromatic carbocycles. The summed E-state index contributed by atoms with van der Waals surface area (Å²) < 4.78 is 5.51. The van der Waals surface area contributed by atoms with E-state index >= 15 is 0 Å². The number of hydrogen-bond acceptors (Lipinski definition) is 4. The number of nitrogens with zero attached hydrogens (tertiary/aromatic N) is 1. The van der Waals surface area contributed by atoms with Crippen molar-refractivity contribution in [3.63, 3.8) is 0 Å². The fourth-order valence-electron chi connectivity index (χ4n) is 3.23. The van der Waals surface area contributed by atoms with Gasteiger partial charge in [0.25, 0.3) is 0 Å². The maximum Gasteiger partial charge on any atom is 0.0511 e. The molecular formula is C13H29N3O. The Morgan fingerprint density at radius 3 is 2.41 bits per heavy atom. The van der Waals surface area contributed by atoms with Crippen LogP contribution in [0.15, 0.2) is 0 Å². The zero-order valence-electron chi connectivity index (χ0n) is 11.8. The molecule has 3 atom stereocenters. The van der Waals surface area contributed by atoms with E-state index in [0.717, 1.165) is 39.1 Å². The van der Waals surface area contributed by atoms with Crippen molar-refractivity contribution in [1.82, 2.24) is 10.3 Å². The van der Waals surface area contributed by atoms with Crippen LogP contribution in [-0.2, 0) is 4.74 Å². The predicted octanol–water partition coefficient (Wildman–Crippen LogP) is 1.37. The Balaban J connectivity index is 2.86. The predicted molar refractivity (Wildman–Crippen MR) is 71.7 cm³/mol. The number of likely N-dealkylation sites (N-methyl/N-ethyl adjacent to an activating group) is 1. The van der Waals surface area contributed by atoms with E-state index in [1.54, 1.807) is 0 Å². The molecule has 0 aromatic heterocycles. The molecule has 4 nitrogen and oxygen atoms in total. The summed E-state index contributed by atoms with van der Waals surface area (Å²) in [7, 11) is 0. The Morgan fingerprint density at radius 2 is 2.06 bits per heavy atom. The van der Waals surface area contributed by atoms with Crippen LogP contribution in [0.25, 0.3) is 0 Å². The van der Waals surface area contributed by atoms with Gasteiger partial charge in [-0.2, -0.15) is 0 Å². The van der Waals surface area contributed by atoms with Gasteiger partial charge in [-0.3, -0.25) is 16.2 Å². The van der Waals surface area contributed by atoms with E-state index in [2.05, 4.69) is 38.0 Å². The lowest BCUT2D eigenvalue weighted by molar-refractivity contribution is 0.0416. The van der Waals surface area contributed by atoms with E-state index in [1.165, 1.54) is 0 Å². The number of ether oxygens (including phenoxy) is 1. The lowest BCUT2D eigenvalue weighted by atomic mass is 9.79. The second-order valence-electron chi connectivity index (χ2n) is 5.15. The highest BCUT2D eigenvalue weighted by atomic mass is 16.5. The highest BCUT2D eigenvalue weighted by Crippen LogP contribution is 2.31. The van der Waals surface area contributed by atoms with Crippen LogP contribution in [0.4, 0.5) is 0 Å². The highest BCUT2D eigenvalue weighted by molar-refractivity contribution is 4.99. The molecular weight excluding hydrogens is 214 g/mol. The van der Waals surface area contributed by atoms with Gasteiger partial charge in [-0.25, -0.2) is 0 Å². The Bertz CT molecular complexity index is 215. The molecule has 102 valence electrons. The van der Waals surface area contributed by atoms with Crippen molar-refractivity contribution >= 4 is 0 Å². The van der Waals surface area contributed by atoms with Gasteiger partial charge < -0.3 is 4.74 Å². The third-order valence-corrected chi connectivity index (χ3v) is 4.49. The van der Waals surface area contributed by atoms with E-state index in [9.17, 15) is 0 Å². The minimum Gasteiger partial charge on any atom is -0.381 e. The smallest absolute Gasteiger partial charge is 0.0511 e. The molecule has 1 rings (SSSR count). The summed E-state index contributed by atoms with van der Waals surface area (Å²) in [6.07, 6.45) is 2.21. The third kappa shape index (κ3) is 2.99. The van der Waals surface area contributed by atoms with E-state index in [0.29, 0.717) is 12.0 Å². The van der Waals surface area contributed by atoms with E-state index < -0.39 is 0 Å². The summed E-state index contributed by atoms with van der Waals surface area (Å²) in [4.78, 5) is 2.51. The molecule has 0 saturated carbocycles. The molecule has 0 radical (unpaired) electrons. The van der Waals surface area contributed by atoms with Crippen LogP contribution < -0.4 is 11.3 Å². The van der Waals surface area contributed by atoms with Crippen molar-refractivity contribution in [1.29, 1.82) is 0 Å². The van der Waals surface area contributed by atoms with Crippen LogP contribution in [0.2, 0.25) is 0 Å². The average molecular weight is 243 g/mol. The molecule has 17 heavy (non-hydrogen) atoms. The summed E-state index contributed by atoms with van der Waals surface area (Å²) in [5, 5.41) is 0. The molecule has 0 bridgehead atoms. The van der Waals surface area contributed by atoms with Crippen molar-refractivity contribution in [3.8, 4) is 0 Å². The van der Waals surface area contributed by atoms with Gasteiger partial charge in [0, 0.05) is 24.1 Å². The molecule has 0 aliphatic carbocycles. The summed E-state index contributed by atoms with van der Waals surface area (Å²) in [5.41, 5.74) is 3.17. The van der Waals surface area contributed by atoms with Gasteiger partial charge in [-0.05, 0) is 32.9 Å². The van der Waals surface area contributed by atoms with Gasteiger partial charge >= 0.3 is 0 Å². The van der Waals surface area contributed by atoms with E-state index in [4.69, 9.17) is 10.6 Å². The van der Waals surface area contributed by atoms with Crippen LogP contribution in [0.5, 0.6) is 0 Å². The van der Waals surface area contributed by atoms with Crippen LogP contribution >= 0.6 is 0 Å². The van der Waals surface area contributed by atoms with Crippen LogP contribution in [-0.4, -0.2) is 42.8 Å². The summed E-state index contributed by atoms with van der Waals surface area (Å²) in [5.74, 6) is 6.36. The number of hydrogen-bond donors (Lipinski definition) is 2. The molecule has 1 fully saturated rings. The lowest BCUT2D eigenvalue weighted by Crippen LogP contribution is -2.63. The van der Waals surface area contributed by atoms with Gasteiger partial charge in [-0.1, -0.05) is 20.8 Å². The molecule has 0 amide bonds. The van der Waals surface area contributed by atoms with E-state index in [1.807, 2.05) is 0 Å². The van der Waals surface area contributed by atoms with Gasteiger partial charge in [0.1, 0.15) is 0 Å². The highest BCUT2D eigenvalue weighted by Gasteiger charge is 2.41. The summed E-state index contributed by atoms with van der Waals surface area (Å²) in [6.45, 7) is 12.8. The minimum atomic E-state index is 0.108. The molecule has 0 aromatic rings. The largest absolute Gasteiger partial charge is 0.381 e. The average Bonchev–Trinajstić information content (AvgIpc) is 2.85. The van der Waals surface area contributed by atoms with Gasteiger partial charge in [0.15, 0.2) is 0 Å². The molecule has 3 unspecified atom stereocenters. The second kappa shape index (κ2) is 6.69. The second-order valence-corrected chi connectivity index (χ2v) is 5.15. The van der Waals surface area contributed by atoms with Gasteiger partial charge in [0.2, 0.25) is 0 Å². The summed E-state index contributed by atoms with van der Waals surface area (Å²) >= 11 is 0. The first-order valence-electron chi connectivity index (χ1n) is 6.92. The maximum atomic E-state index is 5.83. The number of nitrogens with two attached hydrogens (primary N) is 1. The molecule has 1 heterocycles. The molecule has 1 aliphatic rings. The zero-order chi connectivity index (χ0) is 12.9. The van der Waals surface area contributed by atoms with Crippen LogP contribution in [0.3, 0.4) is 0 Å². The monoisotopic (exact) mass is 243 g/mol. The fraction of sp³-hybridized carbons (Fsp3) is 1.00. The summed E-state index contributed by atoms with van der Waals surface area (Å²) in [6, 6.07) is 0.301.